The Hall–Kier alpha value is -5.04. The Bertz CT molecular complexity index is 1830. The zero-order valence-corrected chi connectivity index (χ0v) is 28.2. The first-order valence-corrected chi connectivity index (χ1v) is 16.8. The van der Waals surface area contributed by atoms with Crippen molar-refractivity contribution in [2.24, 2.45) is 5.16 Å². The zero-order valence-electron chi connectivity index (χ0n) is 27.3. The summed E-state index contributed by atoms with van der Waals surface area (Å²) in [5, 5.41) is 3.92. The lowest BCUT2D eigenvalue weighted by atomic mass is 10.0. The third-order valence-corrected chi connectivity index (χ3v) is 8.43. The van der Waals surface area contributed by atoms with Crippen LogP contribution in [-0.4, -0.2) is 73.2 Å². The maximum absolute atomic E-state index is 13.1. The Kier molecular flexibility index (Phi) is 12.8. The predicted molar refractivity (Wildman–Crippen MR) is 186 cm³/mol. The van der Waals surface area contributed by atoms with Crippen LogP contribution in [0, 0.1) is 6.92 Å². The fourth-order valence-electron chi connectivity index (χ4n) is 4.48. The number of nitrogens with zero attached hydrogens (tertiary/aromatic N) is 2. The van der Waals surface area contributed by atoms with E-state index in [4.69, 9.17) is 19.0 Å². The van der Waals surface area contributed by atoms with Crippen LogP contribution in [0.15, 0.2) is 107 Å². The van der Waals surface area contributed by atoms with Gasteiger partial charge < -0.3 is 23.9 Å². The molecule has 0 unspecified atom stereocenters. The quantitative estimate of drug-likeness (QED) is 0.0686. The number of nitrogens with one attached hydrogen (secondary N) is 1. The van der Waals surface area contributed by atoms with E-state index in [0.29, 0.717) is 31.1 Å². The van der Waals surface area contributed by atoms with Crippen molar-refractivity contribution in [3.63, 3.8) is 0 Å². The van der Waals surface area contributed by atoms with E-state index in [0.717, 1.165) is 16.8 Å². The predicted octanol–water partition coefficient (Wildman–Crippen LogP) is 5.53. The van der Waals surface area contributed by atoms with Crippen LogP contribution in [0.4, 0.5) is 11.4 Å². The lowest BCUT2D eigenvalue weighted by molar-refractivity contribution is -0.136. The van der Waals surface area contributed by atoms with E-state index in [-0.39, 0.29) is 34.9 Å². The molecule has 0 fully saturated rings. The van der Waals surface area contributed by atoms with Gasteiger partial charge in [0.2, 0.25) is 0 Å². The molecular weight excluding hydrogens is 634 g/mol. The van der Waals surface area contributed by atoms with Crippen LogP contribution >= 0.6 is 0 Å². The molecule has 0 radical (unpaired) electrons. The van der Waals surface area contributed by atoms with Crippen molar-refractivity contribution in [3.05, 3.63) is 119 Å². The molecule has 1 aliphatic heterocycles. The van der Waals surface area contributed by atoms with Gasteiger partial charge in [-0.05, 0) is 73.5 Å². The molecule has 0 bridgehead atoms. The van der Waals surface area contributed by atoms with E-state index >= 15 is 0 Å². The molecule has 1 heterocycles. The first kappa shape index (κ1) is 35.8. The fraction of sp³-hybridized carbons (Fsp3) is 0.250. The minimum Gasteiger partial charge on any atom is -0.460 e. The number of ether oxygens (including phenoxy) is 3. The van der Waals surface area contributed by atoms with Crippen molar-refractivity contribution in [2.45, 2.75) is 18.7 Å². The number of rotatable bonds is 16. The van der Waals surface area contributed by atoms with E-state index in [1.54, 1.807) is 36.4 Å². The number of oxime groups is 1. The summed E-state index contributed by atoms with van der Waals surface area (Å²) in [4.78, 5) is 31.7. The molecule has 1 N–H and O–H groups in total. The number of esters is 1. The SMILES string of the molecule is CCOCCOCCOC(=O)c1cccc(S(=O)(=O)Nc2ccc(C3=NOC(=O)C3=C/C=C\C=C/c3ccc(N(C)C)cc3C)cc2)c1. The molecule has 4 rings (SSSR count). The van der Waals surface area contributed by atoms with Gasteiger partial charge in [-0.15, -0.1) is 0 Å². The Morgan fingerprint density at radius 1 is 0.938 bits per heavy atom. The normalized spacial score (nSPS) is 14.0. The molecule has 3 aromatic carbocycles. The highest BCUT2D eigenvalue weighted by molar-refractivity contribution is 7.92. The number of carbonyl (C=O) groups is 2. The molecule has 0 aliphatic carbocycles. The van der Waals surface area contributed by atoms with Gasteiger partial charge in [-0.1, -0.05) is 53.7 Å². The summed E-state index contributed by atoms with van der Waals surface area (Å²) < 4.78 is 44.4. The van der Waals surface area contributed by atoms with Gasteiger partial charge >= 0.3 is 11.9 Å². The van der Waals surface area contributed by atoms with Crippen molar-refractivity contribution in [1.82, 2.24) is 0 Å². The van der Waals surface area contributed by atoms with E-state index in [1.165, 1.54) is 24.3 Å². The standard InChI is InChI=1S/C36H39N3O8S/c1-5-44-20-21-45-22-23-46-35(40)29-11-9-12-32(25-29)48(42,43)38-30-17-14-28(15-18-30)34-33(36(41)47-37-34)13-8-6-7-10-27-16-19-31(39(3)4)24-26(27)2/h6-19,24-25,38H,5,20-23H2,1-4H3/b8-6-,10-7-,33-13?. The van der Waals surface area contributed by atoms with Gasteiger partial charge in [0.1, 0.15) is 12.3 Å². The van der Waals surface area contributed by atoms with Crippen LogP contribution in [-0.2, 0) is 33.9 Å². The summed E-state index contributed by atoms with van der Waals surface area (Å²) in [6.07, 6.45) is 9.01. The molecule has 0 spiro atoms. The van der Waals surface area contributed by atoms with Gasteiger partial charge in [0.25, 0.3) is 10.0 Å². The minimum atomic E-state index is -4.04. The summed E-state index contributed by atoms with van der Waals surface area (Å²) in [5.74, 6) is -1.26. The first-order valence-electron chi connectivity index (χ1n) is 15.3. The number of carbonyl (C=O) groups excluding carboxylic acids is 2. The maximum atomic E-state index is 13.1. The second-order valence-corrected chi connectivity index (χ2v) is 12.4. The van der Waals surface area contributed by atoms with Crippen molar-refractivity contribution in [3.8, 4) is 0 Å². The van der Waals surface area contributed by atoms with Gasteiger partial charge in [0.05, 0.1) is 35.9 Å². The molecular formula is C36H39N3O8S. The third-order valence-electron chi connectivity index (χ3n) is 7.05. The maximum Gasteiger partial charge on any atom is 0.368 e. The van der Waals surface area contributed by atoms with Gasteiger partial charge in [0.15, 0.2) is 0 Å². The van der Waals surface area contributed by atoms with Crippen molar-refractivity contribution in [1.29, 1.82) is 0 Å². The first-order chi connectivity index (χ1) is 23.1. The van der Waals surface area contributed by atoms with E-state index < -0.39 is 22.0 Å². The van der Waals surface area contributed by atoms with Crippen LogP contribution in [0.5, 0.6) is 0 Å². The molecule has 0 aromatic heterocycles. The Morgan fingerprint density at radius 3 is 2.42 bits per heavy atom. The molecule has 11 nitrogen and oxygen atoms in total. The monoisotopic (exact) mass is 673 g/mol. The second kappa shape index (κ2) is 17.2. The average Bonchev–Trinajstić information content (AvgIpc) is 3.44. The largest absolute Gasteiger partial charge is 0.460 e. The average molecular weight is 674 g/mol. The van der Waals surface area contributed by atoms with Gasteiger partial charge in [-0.2, -0.15) is 0 Å². The van der Waals surface area contributed by atoms with Crippen molar-refractivity contribution < 1.29 is 37.1 Å². The van der Waals surface area contributed by atoms with Crippen molar-refractivity contribution in [2.75, 3.05) is 56.8 Å². The Morgan fingerprint density at radius 2 is 1.69 bits per heavy atom. The number of anilines is 2. The molecule has 0 atom stereocenters. The van der Waals surface area contributed by atoms with Gasteiger partial charge in [-0.25, -0.2) is 18.0 Å². The highest BCUT2D eigenvalue weighted by atomic mass is 32.2. The number of aryl methyl sites for hydroxylation is 1. The third kappa shape index (κ3) is 9.98. The number of hydrogen-bond donors (Lipinski definition) is 1. The Labute approximate surface area is 281 Å². The zero-order chi connectivity index (χ0) is 34.5. The number of sulfonamides is 1. The second-order valence-electron chi connectivity index (χ2n) is 10.7. The lowest BCUT2D eigenvalue weighted by Crippen LogP contribution is -2.15. The van der Waals surface area contributed by atoms with Crippen LogP contribution < -0.4 is 9.62 Å². The molecule has 12 heteroatoms. The molecule has 0 saturated heterocycles. The van der Waals surface area contributed by atoms with Gasteiger partial charge in [-0.3, -0.25) is 4.72 Å². The molecule has 0 amide bonds. The van der Waals surface area contributed by atoms with Crippen LogP contribution in [0.3, 0.4) is 0 Å². The number of benzene rings is 3. The highest BCUT2D eigenvalue weighted by Gasteiger charge is 2.26. The van der Waals surface area contributed by atoms with E-state index in [2.05, 4.69) is 22.0 Å². The Balaban J connectivity index is 1.36. The summed E-state index contributed by atoms with van der Waals surface area (Å²) in [5.41, 5.74) is 4.85. The number of allylic oxidation sites excluding steroid dienone is 4. The topological polar surface area (TPSA) is 133 Å². The summed E-state index contributed by atoms with van der Waals surface area (Å²) in [6.45, 7) is 5.57. The molecule has 3 aromatic rings. The summed E-state index contributed by atoms with van der Waals surface area (Å²) >= 11 is 0. The number of hydrogen-bond acceptors (Lipinski definition) is 10. The van der Waals surface area contributed by atoms with Crippen LogP contribution in [0.2, 0.25) is 0 Å². The molecule has 48 heavy (non-hydrogen) atoms. The highest BCUT2D eigenvalue weighted by Crippen LogP contribution is 2.23. The summed E-state index contributed by atoms with van der Waals surface area (Å²) in [6, 6.07) is 18.1. The lowest BCUT2D eigenvalue weighted by Gasteiger charge is -2.13. The molecule has 0 saturated carbocycles. The fourth-order valence-corrected chi connectivity index (χ4v) is 5.58. The van der Waals surface area contributed by atoms with E-state index in [9.17, 15) is 18.0 Å². The molecule has 252 valence electrons. The summed E-state index contributed by atoms with van der Waals surface area (Å²) in [7, 11) is -0.0450. The van der Waals surface area contributed by atoms with E-state index in [1.807, 2.05) is 57.1 Å². The van der Waals surface area contributed by atoms with Gasteiger partial charge in [0, 0.05) is 37.6 Å². The minimum absolute atomic E-state index is 0.0187. The van der Waals surface area contributed by atoms with Crippen LogP contribution in [0.1, 0.15) is 34.0 Å². The van der Waals surface area contributed by atoms with Crippen LogP contribution in [0.25, 0.3) is 6.08 Å². The smallest absolute Gasteiger partial charge is 0.368 e. The molecule has 1 aliphatic rings. The van der Waals surface area contributed by atoms with Crippen molar-refractivity contribution >= 4 is 45.1 Å².